The number of rotatable bonds is 6. The van der Waals surface area contributed by atoms with Crippen molar-refractivity contribution in [3.05, 3.63) is 101 Å². The van der Waals surface area contributed by atoms with E-state index in [9.17, 15) is 4.79 Å². The summed E-state index contributed by atoms with van der Waals surface area (Å²) in [6, 6.07) is 24.0. The van der Waals surface area contributed by atoms with Crippen molar-refractivity contribution in [2.75, 3.05) is 5.32 Å². The molecule has 0 bridgehead atoms. The fourth-order valence-corrected chi connectivity index (χ4v) is 3.83. The molecule has 32 heavy (non-hydrogen) atoms. The Labute approximate surface area is 197 Å². The average molecular weight is 445 g/mol. The number of aryl methyl sites for hydroxylation is 1. The van der Waals surface area contributed by atoms with E-state index in [2.05, 4.69) is 69.5 Å². The Hall–Kier alpha value is -2.98. The predicted octanol–water partition coefficient (Wildman–Crippen LogP) is 6.96. The summed E-state index contributed by atoms with van der Waals surface area (Å²) in [6.45, 7) is 10.7. The van der Waals surface area contributed by atoms with Gasteiger partial charge in [0.15, 0.2) is 10.9 Å². The summed E-state index contributed by atoms with van der Waals surface area (Å²) >= 11 is 5.55. The highest BCUT2D eigenvalue weighted by Crippen LogP contribution is 2.23. The van der Waals surface area contributed by atoms with Gasteiger partial charge >= 0.3 is 0 Å². The van der Waals surface area contributed by atoms with Gasteiger partial charge in [-0.25, -0.2) is 0 Å². The molecule has 1 atom stereocenters. The highest BCUT2D eigenvalue weighted by atomic mass is 32.1. The predicted molar refractivity (Wildman–Crippen MR) is 139 cm³/mol. The molecule has 3 aromatic rings. The zero-order valence-electron chi connectivity index (χ0n) is 19.5. The van der Waals surface area contributed by atoms with Crippen LogP contribution in [0.5, 0.6) is 0 Å². The van der Waals surface area contributed by atoms with Gasteiger partial charge in [-0.3, -0.25) is 4.79 Å². The monoisotopic (exact) mass is 444 g/mol. The number of hydrogen-bond acceptors (Lipinski definition) is 2. The smallest absolute Gasteiger partial charge is 0.193 e. The molecule has 0 heterocycles. The topological polar surface area (TPSA) is 41.1 Å². The number of carbonyl (C=O) groups is 1. The van der Waals surface area contributed by atoms with Crippen LogP contribution < -0.4 is 10.6 Å². The first kappa shape index (κ1) is 23.7. The van der Waals surface area contributed by atoms with Gasteiger partial charge in [0.25, 0.3) is 0 Å². The Bertz CT molecular complexity index is 1080. The summed E-state index contributed by atoms with van der Waals surface area (Å²) in [5.74, 6) is -0.000855. The van der Waals surface area contributed by atoms with Crippen LogP contribution in [0.1, 0.15) is 72.8 Å². The van der Waals surface area contributed by atoms with Gasteiger partial charge in [-0.1, -0.05) is 93.9 Å². The van der Waals surface area contributed by atoms with Crippen molar-refractivity contribution in [2.24, 2.45) is 0 Å². The number of carbonyl (C=O) groups excluding carboxylic acids is 1. The van der Waals surface area contributed by atoms with E-state index in [0.29, 0.717) is 16.2 Å². The van der Waals surface area contributed by atoms with Crippen LogP contribution >= 0.6 is 12.2 Å². The molecule has 2 N–H and O–H groups in total. The van der Waals surface area contributed by atoms with Gasteiger partial charge in [-0.2, -0.15) is 0 Å². The summed E-state index contributed by atoms with van der Waals surface area (Å²) in [4.78, 5) is 13.0. The SMILES string of the molecule is CC[C@H](NC(=S)Nc1cccc(C(=O)c2ccc(C(C)(C)C)cc2)c1)c1ccc(C)cc1. The highest BCUT2D eigenvalue weighted by Gasteiger charge is 2.16. The maximum Gasteiger partial charge on any atom is 0.193 e. The van der Waals surface area contributed by atoms with Crippen molar-refractivity contribution in [1.29, 1.82) is 0 Å². The Morgan fingerprint density at radius 1 is 0.938 bits per heavy atom. The largest absolute Gasteiger partial charge is 0.356 e. The molecule has 0 fully saturated rings. The molecule has 166 valence electrons. The fourth-order valence-electron chi connectivity index (χ4n) is 3.57. The first-order valence-electron chi connectivity index (χ1n) is 11.1. The van der Waals surface area contributed by atoms with Crippen molar-refractivity contribution in [2.45, 2.75) is 52.5 Å². The maximum atomic E-state index is 13.0. The van der Waals surface area contributed by atoms with Gasteiger partial charge in [-0.15, -0.1) is 0 Å². The second-order valence-electron chi connectivity index (χ2n) is 9.21. The van der Waals surface area contributed by atoms with E-state index in [0.717, 1.165) is 12.1 Å². The molecule has 0 aliphatic rings. The Morgan fingerprint density at radius 2 is 1.59 bits per heavy atom. The summed E-state index contributed by atoms with van der Waals surface area (Å²) in [6.07, 6.45) is 0.911. The molecular formula is C28H32N2OS. The average Bonchev–Trinajstić information content (AvgIpc) is 2.77. The lowest BCUT2D eigenvalue weighted by molar-refractivity contribution is 0.103. The van der Waals surface area contributed by atoms with E-state index < -0.39 is 0 Å². The number of thiocarbonyl (C=S) groups is 1. The van der Waals surface area contributed by atoms with Crippen LogP contribution in [-0.4, -0.2) is 10.9 Å². The minimum Gasteiger partial charge on any atom is -0.356 e. The molecule has 4 heteroatoms. The molecule has 0 aliphatic heterocycles. The molecule has 3 rings (SSSR count). The van der Waals surface area contributed by atoms with E-state index in [4.69, 9.17) is 12.2 Å². The molecular weight excluding hydrogens is 412 g/mol. The Kier molecular flexibility index (Phi) is 7.47. The van der Waals surface area contributed by atoms with Gasteiger partial charge in [0.1, 0.15) is 0 Å². The number of ketones is 1. The molecule has 0 aliphatic carbocycles. The molecule has 0 unspecified atom stereocenters. The van der Waals surface area contributed by atoms with Crippen LogP contribution in [-0.2, 0) is 5.41 Å². The minimum atomic E-state index is -0.000855. The second-order valence-corrected chi connectivity index (χ2v) is 9.62. The summed E-state index contributed by atoms with van der Waals surface area (Å²) in [5.41, 5.74) is 5.80. The molecule has 0 amide bonds. The van der Waals surface area contributed by atoms with Gasteiger partial charge in [0.05, 0.1) is 6.04 Å². The number of nitrogens with one attached hydrogen (secondary N) is 2. The van der Waals surface area contributed by atoms with Crippen LogP contribution in [0, 0.1) is 6.92 Å². The van der Waals surface area contributed by atoms with Gasteiger partial charge in [-0.05, 0) is 54.2 Å². The Balaban J connectivity index is 1.69. The lowest BCUT2D eigenvalue weighted by Gasteiger charge is -2.20. The molecule has 3 aromatic carbocycles. The van der Waals surface area contributed by atoms with E-state index in [1.165, 1.54) is 16.7 Å². The second kappa shape index (κ2) is 10.1. The molecule has 0 saturated carbocycles. The quantitative estimate of drug-likeness (QED) is 0.318. The summed E-state index contributed by atoms with van der Waals surface area (Å²) in [5, 5.41) is 7.16. The Morgan fingerprint density at radius 3 is 2.19 bits per heavy atom. The maximum absolute atomic E-state index is 13.0. The van der Waals surface area contributed by atoms with Crippen molar-refractivity contribution in [3.63, 3.8) is 0 Å². The van der Waals surface area contributed by atoms with Crippen molar-refractivity contribution >= 4 is 28.8 Å². The van der Waals surface area contributed by atoms with Crippen LogP contribution in [0.15, 0.2) is 72.8 Å². The van der Waals surface area contributed by atoms with E-state index in [1.54, 1.807) is 0 Å². The zero-order chi connectivity index (χ0) is 23.3. The van der Waals surface area contributed by atoms with Crippen LogP contribution in [0.2, 0.25) is 0 Å². The third-order valence-electron chi connectivity index (χ3n) is 5.59. The fraction of sp³-hybridized carbons (Fsp3) is 0.286. The zero-order valence-corrected chi connectivity index (χ0v) is 20.3. The van der Waals surface area contributed by atoms with E-state index >= 15 is 0 Å². The standard InChI is InChI=1S/C28H32N2OS/c1-6-25(20-12-10-19(2)11-13-20)30-27(32)29-24-9-7-8-22(18-24)26(31)21-14-16-23(17-15-21)28(3,4)5/h7-18,25H,6H2,1-5H3,(H2,29,30,32)/t25-/m0/s1. The summed E-state index contributed by atoms with van der Waals surface area (Å²) in [7, 11) is 0. The summed E-state index contributed by atoms with van der Waals surface area (Å²) < 4.78 is 0. The normalized spacial score (nSPS) is 12.2. The van der Waals surface area contributed by atoms with Gasteiger partial charge < -0.3 is 10.6 Å². The van der Waals surface area contributed by atoms with Crippen molar-refractivity contribution in [1.82, 2.24) is 5.32 Å². The molecule has 0 saturated heterocycles. The van der Waals surface area contributed by atoms with Crippen LogP contribution in [0.4, 0.5) is 5.69 Å². The van der Waals surface area contributed by atoms with Crippen LogP contribution in [0.25, 0.3) is 0 Å². The van der Waals surface area contributed by atoms with Crippen molar-refractivity contribution in [3.8, 4) is 0 Å². The van der Waals surface area contributed by atoms with Crippen molar-refractivity contribution < 1.29 is 4.79 Å². The first-order chi connectivity index (χ1) is 15.2. The number of hydrogen-bond donors (Lipinski definition) is 2. The van der Waals surface area contributed by atoms with E-state index in [-0.39, 0.29) is 17.2 Å². The lowest BCUT2D eigenvalue weighted by atomic mass is 9.86. The molecule has 0 radical (unpaired) electrons. The molecule has 0 aromatic heterocycles. The third-order valence-corrected chi connectivity index (χ3v) is 5.81. The van der Waals surface area contributed by atoms with Gasteiger partial charge in [0, 0.05) is 16.8 Å². The first-order valence-corrected chi connectivity index (χ1v) is 11.5. The lowest BCUT2D eigenvalue weighted by Crippen LogP contribution is -2.32. The van der Waals surface area contributed by atoms with Gasteiger partial charge in [0.2, 0.25) is 0 Å². The third kappa shape index (κ3) is 6.04. The number of benzene rings is 3. The minimum absolute atomic E-state index is 0.000855. The van der Waals surface area contributed by atoms with E-state index in [1.807, 2.05) is 48.5 Å². The van der Waals surface area contributed by atoms with Crippen LogP contribution in [0.3, 0.4) is 0 Å². The molecule has 3 nitrogen and oxygen atoms in total. The highest BCUT2D eigenvalue weighted by molar-refractivity contribution is 7.80. The number of anilines is 1. The molecule has 0 spiro atoms.